The number of anilines is 1. The number of carbonyl (C=O) groups is 1. The molecule has 0 saturated heterocycles. The number of benzene rings is 2. The summed E-state index contributed by atoms with van der Waals surface area (Å²) in [5, 5.41) is 23.1. The van der Waals surface area contributed by atoms with Gasteiger partial charge in [0, 0.05) is 23.4 Å². The van der Waals surface area contributed by atoms with Gasteiger partial charge in [0.15, 0.2) is 0 Å². The maximum atomic E-state index is 12.3. The third-order valence-corrected chi connectivity index (χ3v) is 3.42. The van der Waals surface area contributed by atoms with Gasteiger partial charge in [0.2, 0.25) is 5.75 Å². The molecule has 0 aliphatic heterocycles. The van der Waals surface area contributed by atoms with E-state index in [4.69, 9.17) is 9.47 Å². The number of nitrogens with one attached hydrogen (secondary N) is 1. The smallest absolute Gasteiger partial charge is 0.311 e. The van der Waals surface area contributed by atoms with Crippen LogP contribution in [0, 0.1) is 21.4 Å². The molecule has 2 rings (SSSR count). The lowest BCUT2D eigenvalue weighted by Gasteiger charge is -2.09. The Hall–Kier alpha value is -3.86. The molecule has 2 aromatic rings. The number of ether oxygens (including phenoxy) is 2. The van der Waals surface area contributed by atoms with Crippen LogP contribution in [0.1, 0.15) is 5.56 Å². The molecule has 0 aromatic heterocycles. The van der Waals surface area contributed by atoms with Crippen molar-refractivity contribution in [3.63, 3.8) is 0 Å². The van der Waals surface area contributed by atoms with Crippen LogP contribution in [0.5, 0.6) is 11.5 Å². The molecule has 0 spiro atoms. The number of nitro benzene ring substituents is 1. The first-order valence-electron chi connectivity index (χ1n) is 7.38. The average molecular weight is 353 g/mol. The molecular weight excluding hydrogens is 338 g/mol. The Morgan fingerprint density at radius 1 is 1.19 bits per heavy atom. The second-order valence-corrected chi connectivity index (χ2v) is 5.01. The molecule has 132 valence electrons. The van der Waals surface area contributed by atoms with Crippen molar-refractivity contribution in [1.29, 1.82) is 5.26 Å². The molecule has 0 fully saturated rings. The third-order valence-electron chi connectivity index (χ3n) is 3.42. The number of amides is 1. The first-order valence-corrected chi connectivity index (χ1v) is 7.38. The highest BCUT2D eigenvalue weighted by Gasteiger charge is 2.20. The normalized spacial score (nSPS) is 10.6. The SMILES string of the molecule is COc1cc(OC)c([N+](=O)[O-])cc1/C=C(\C#N)C(=O)Nc1ccccc1. The van der Waals surface area contributed by atoms with Gasteiger partial charge >= 0.3 is 5.69 Å². The van der Waals surface area contributed by atoms with Gasteiger partial charge in [-0.25, -0.2) is 0 Å². The number of para-hydroxylation sites is 1. The quantitative estimate of drug-likeness (QED) is 0.369. The van der Waals surface area contributed by atoms with E-state index < -0.39 is 10.8 Å². The van der Waals surface area contributed by atoms with Crippen molar-refractivity contribution in [3.05, 3.63) is 63.7 Å². The molecule has 0 atom stereocenters. The Labute approximate surface area is 149 Å². The Morgan fingerprint density at radius 3 is 2.38 bits per heavy atom. The van der Waals surface area contributed by atoms with Crippen LogP contribution in [-0.2, 0) is 4.79 Å². The van der Waals surface area contributed by atoms with E-state index in [2.05, 4.69) is 5.32 Å². The van der Waals surface area contributed by atoms with Crippen LogP contribution in [0.3, 0.4) is 0 Å². The number of hydrogen-bond acceptors (Lipinski definition) is 6. The number of carbonyl (C=O) groups excluding carboxylic acids is 1. The van der Waals surface area contributed by atoms with E-state index in [1.54, 1.807) is 36.4 Å². The first kappa shape index (κ1) is 18.5. The largest absolute Gasteiger partial charge is 0.496 e. The highest BCUT2D eigenvalue weighted by molar-refractivity contribution is 6.09. The fourth-order valence-electron chi connectivity index (χ4n) is 2.19. The van der Waals surface area contributed by atoms with Crippen molar-refractivity contribution in [2.45, 2.75) is 0 Å². The fraction of sp³-hybridized carbons (Fsp3) is 0.111. The minimum atomic E-state index is -0.640. The second-order valence-electron chi connectivity index (χ2n) is 5.01. The molecule has 2 aromatic carbocycles. The number of nitrogens with zero attached hydrogens (tertiary/aromatic N) is 2. The van der Waals surface area contributed by atoms with E-state index in [-0.39, 0.29) is 28.3 Å². The van der Waals surface area contributed by atoms with Crippen LogP contribution >= 0.6 is 0 Å². The van der Waals surface area contributed by atoms with Gasteiger partial charge in [-0.15, -0.1) is 0 Å². The highest BCUT2D eigenvalue weighted by Crippen LogP contribution is 2.35. The molecule has 0 saturated carbocycles. The maximum absolute atomic E-state index is 12.3. The van der Waals surface area contributed by atoms with Crippen LogP contribution < -0.4 is 14.8 Å². The monoisotopic (exact) mass is 353 g/mol. The summed E-state index contributed by atoms with van der Waals surface area (Å²) in [6.45, 7) is 0. The number of nitro groups is 1. The van der Waals surface area contributed by atoms with Crippen LogP contribution in [0.15, 0.2) is 48.0 Å². The summed E-state index contributed by atoms with van der Waals surface area (Å²) in [6, 6.07) is 12.9. The third kappa shape index (κ3) is 4.15. The van der Waals surface area contributed by atoms with Crippen molar-refractivity contribution in [2.24, 2.45) is 0 Å². The van der Waals surface area contributed by atoms with Crippen LogP contribution in [-0.4, -0.2) is 25.1 Å². The van der Waals surface area contributed by atoms with Crippen molar-refractivity contribution < 1.29 is 19.2 Å². The van der Waals surface area contributed by atoms with E-state index >= 15 is 0 Å². The zero-order chi connectivity index (χ0) is 19.1. The van der Waals surface area contributed by atoms with Gasteiger partial charge in [0.1, 0.15) is 17.4 Å². The Balaban J connectivity index is 2.44. The van der Waals surface area contributed by atoms with Crippen molar-refractivity contribution in [3.8, 4) is 17.6 Å². The van der Waals surface area contributed by atoms with E-state index in [1.807, 2.05) is 0 Å². The molecule has 0 radical (unpaired) electrons. The van der Waals surface area contributed by atoms with Crippen LogP contribution in [0.25, 0.3) is 6.08 Å². The summed E-state index contributed by atoms with van der Waals surface area (Å²) in [7, 11) is 2.67. The summed E-state index contributed by atoms with van der Waals surface area (Å²) in [4.78, 5) is 22.9. The predicted molar refractivity (Wildman–Crippen MR) is 94.9 cm³/mol. The van der Waals surface area contributed by atoms with Gasteiger partial charge in [0.25, 0.3) is 5.91 Å². The topological polar surface area (TPSA) is 114 Å². The number of hydrogen-bond donors (Lipinski definition) is 1. The summed E-state index contributed by atoms with van der Waals surface area (Å²) >= 11 is 0. The Bertz CT molecular complexity index is 901. The maximum Gasteiger partial charge on any atom is 0.311 e. The lowest BCUT2D eigenvalue weighted by Crippen LogP contribution is -2.13. The standard InChI is InChI=1S/C18H15N3O5/c1-25-16-10-17(26-2)15(21(23)24)9-12(16)8-13(11-19)18(22)20-14-6-4-3-5-7-14/h3-10H,1-2H3,(H,20,22)/b13-8+. The van der Waals surface area contributed by atoms with Gasteiger partial charge < -0.3 is 14.8 Å². The van der Waals surface area contributed by atoms with Gasteiger partial charge in [0.05, 0.1) is 19.1 Å². The molecule has 0 unspecified atom stereocenters. The highest BCUT2D eigenvalue weighted by atomic mass is 16.6. The fourth-order valence-corrected chi connectivity index (χ4v) is 2.19. The zero-order valence-electron chi connectivity index (χ0n) is 14.1. The van der Waals surface area contributed by atoms with Gasteiger partial charge in [-0.2, -0.15) is 5.26 Å². The molecule has 26 heavy (non-hydrogen) atoms. The number of methoxy groups -OCH3 is 2. The number of rotatable bonds is 6. The number of nitriles is 1. The lowest BCUT2D eigenvalue weighted by molar-refractivity contribution is -0.385. The molecule has 1 amide bonds. The summed E-state index contributed by atoms with van der Waals surface area (Å²) in [6.07, 6.45) is 1.23. The van der Waals surface area contributed by atoms with Gasteiger partial charge in [-0.1, -0.05) is 18.2 Å². The molecule has 0 aliphatic carbocycles. The van der Waals surface area contributed by atoms with Gasteiger partial charge in [-0.05, 0) is 18.2 Å². The zero-order valence-corrected chi connectivity index (χ0v) is 14.1. The van der Waals surface area contributed by atoms with Crippen molar-refractivity contribution >= 4 is 23.4 Å². The second kappa shape index (κ2) is 8.30. The van der Waals surface area contributed by atoms with Gasteiger partial charge in [-0.3, -0.25) is 14.9 Å². The van der Waals surface area contributed by atoms with E-state index in [1.165, 1.54) is 32.4 Å². The Morgan fingerprint density at radius 2 is 1.85 bits per heavy atom. The van der Waals surface area contributed by atoms with E-state index in [9.17, 15) is 20.2 Å². The molecule has 1 N–H and O–H groups in total. The van der Waals surface area contributed by atoms with Crippen LogP contribution in [0.2, 0.25) is 0 Å². The molecule has 0 bridgehead atoms. The van der Waals surface area contributed by atoms with Crippen molar-refractivity contribution in [2.75, 3.05) is 19.5 Å². The minimum absolute atomic E-state index is 0.0104. The molecule has 8 nitrogen and oxygen atoms in total. The Kier molecular flexibility index (Phi) is 5.90. The summed E-state index contributed by atoms with van der Waals surface area (Å²) < 4.78 is 10.2. The summed E-state index contributed by atoms with van der Waals surface area (Å²) in [5.41, 5.74) is 0.193. The average Bonchev–Trinajstić information content (AvgIpc) is 2.65. The first-order chi connectivity index (χ1) is 12.5. The van der Waals surface area contributed by atoms with E-state index in [0.717, 1.165) is 0 Å². The summed E-state index contributed by atoms with van der Waals surface area (Å²) in [5.74, 6) is -0.400. The molecule has 8 heteroatoms. The molecule has 0 aliphatic rings. The molecule has 0 heterocycles. The predicted octanol–water partition coefficient (Wildman–Crippen LogP) is 3.16. The minimum Gasteiger partial charge on any atom is -0.496 e. The lowest BCUT2D eigenvalue weighted by atomic mass is 10.1. The molecular formula is C18H15N3O5. The van der Waals surface area contributed by atoms with Crippen molar-refractivity contribution in [1.82, 2.24) is 0 Å². The van der Waals surface area contributed by atoms with Crippen LogP contribution in [0.4, 0.5) is 11.4 Å². The van der Waals surface area contributed by atoms with E-state index in [0.29, 0.717) is 5.69 Å².